The number of nitrogens with zero attached hydrogens (tertiary/aromatic N) is 1. The second-order valence-electron chi connectivity index (χ2n) is 4.50. The molecule has 0 spiro atoms. The molecule has 1 aromatic heterocycles. The van der Waals surface area contributed by atoms with Gasteiger partial charge in [-0.1, -0.05) is 41.4 Å². The average Bonchev–Trinajstić information content (AvgIpc) is 2.46. The summed E-state index contributed by atoms with van der Waals surface area (Å²) in [6.07, 6.45) is 1.60. The van der Waals surface area contributed by atoms with Crippen molar-refractivity contribution < 1.29 is 9.84 Å². The molecule has 3 rings (SSSR count). The molecule has 106 valence electrons. The van der Waals surface area contributed by atoms with E-state index >= 15 is 0 Å². The minimum Gasteiger partial charge on any atom is -0.438 e. The number of halogens is 2. The van der Waals surface area contributed by atoms with Crippen molar-refractivity contribution in [1.82, 2.24) is 4.98 Å². The number of aliphatic hydroxyl groups excluding tert-OH is 1. The Kier molecular flexibility index (Phi) is 3.97. The van der Waals surface area contributed by atoms with Crippen molar-refractivity contribution in [3.05, 3.63) is 64.3 Å². The zero-order valence-corrected chi connectivity index (χ0v) is 12.4. The molecule has 2 aromatic carbocycles. The van der Waals surface area contributed by atoms with Gasteiger partial charge in [-0.2, -0.15) is 0 Å². The normalized spacial score (nSPS) is 10.8. The summed E-state index contributed by atoms with van der Waals surface area (Å²) >= 11 is 11.9. The minimum atomic E-state index is -0.0726. The molecular formula is C16H11Cl2NO2. The van der Waals surface area contributed by atoms with Crippen LogP contribution in [0, 0.1) is 0 Å². The smallest absolute Gasteiger partial charge is 0.227 e. The highest BCUT2D eigenvalue weighted by atomic mass is 35.5. The first kappa shape index (κ1) is 14.1. The lowest BCUT2D eigenvalue weighted by atomic mass is 10.1. The van der Waals surface area contributed by atoms with Crippen molar-refractivity contribution in [2.24, 2.45) is 0 Å². The van der Waals surface area contributed by atoms with Gasteiger partial charge in [0.25, 0.3) is 0 Å². The minimum absolute atomic E-state index is 0.0726. The fraction of sp³-hybridized carbons (Fsp3) is 0.0625. The van der Waals surface area contributed by atoms with Crippen LogP contribution in [0.4, 0.5) is 0 Å². The van der Waals surface area contributed by atoms with Gasteiger partial charge in [-0.05, 0) is 29.7 Å². The maximum Gasteiger partial charge on any atom is 0.227 e. The van der Waals surface area contributed by atoms with E-state index in [-0.39, 0.29) is 6.61 Å². The topological polar surface area (TPSA) is 42.4 Å². The van der Waals surface area contributed by atoms with Crippen molar-refractivity contribution in [1.29, 1.82) is 0 Å². The van der Waals surface area contributed by atoms with Crippen LogP contribution in [0.5, 0.6) is 11.6 Å². The Bertz CT molecular complexity index is 785. The first-order valence-corrected chi connectivity index (χ1v) is 7.04. The van der Waals surface area contributed by atoms with Crippen LogP contribution in [0.2, 0.25) is 10.0 Å². The molecule has 5 heteroatoms. The molecule has 0 atom stereocenters. The van der Waals surface area contributed by atoms with E-state index in [9.17, 15) is 5.11 Å². The third-order valence-electron chi connectivity index (χ3n) is 3.06. The average molecular weight is 320 g/mol. The lowest BCUT2D eigenvalue weighted by molar-refractivity contribution is 0.283. The zero-order valence-electron chi connectivity index (χ0n) is 10.9. The van der Waals surface area contributed by atoms with E-state index in [0.717, 1.165) is 16.3 Å². The van der Waals surface area contributed by atoms with Crippen LogP contribution in [0.25, 0.3) is 10.8 Å². The molecule has 0 bridgehead atoms. The summed E-state index contributed by atoms with van der Waals surface area (Å²) in [6, 6.07) is 12.6. The van der Waals surface area contributed by atoms with Gasteiger partial charge in [-0.15, -0.1) is 0 Å². The van der Waals surface area contributed by atoms with E-state index in [1.165, 1.54) is 0 Å². The molecule has 0 saturated carbocycles. The number of hydrogen-bond donors (Lipinski definition) is 1. The third-order valence-corrected chi connectivity index (χ3v) is 3.50. The van der Waals surface area contributed by atoms with E-state index in [0.29, 0.717) is 21.7 Å². The molecule has 0 saturated heterocycles. The van der Waals surface area contributed by atoms with Gasteiger partial charge in [0.2, 0.25) is 5.88 Å². The van der Waals surface area contributed by atoms with Gasteiger partial charge in [0.1, 0.15) is 5.75 Å². The van der Waals surface area contributed by atoms with Gasteiger partial charge in [0, 0.05) is 27.2 Å². The number of fused-ring (bicyclic) bond motifs is 1. The lowest BCUT2D eigenvalue weighted by Crippen LogP contribution is -1.94. The molecule has 3 nitrogen and oxygen atoms in total. The third kappa shape index (κ3) is 2.95. The van der Waals surface area contributed by atoms with Crippen LogP contribution in [0.15, 0.2) is 48.7 Å². The number of aromatic nitrogens is 1. The number of rotatable bonds is 3. The van der Waals surface area contributed by atoms with Crippen molar-refractivity contribution in [3.63, 3.8) is 0 Å². The molecule has 21 heavy (non-hydrogen) atoms. The van der Waals surface area contributed by atoms with Gasteiger partial charge in [0.05, 0.1) is 6.61 Å². The second kappa shape index (κ2) is 5.90. The van der Waals surface area contributed by atoms with Crippen molar-refractivity contribution in [3.8, 4) is 11.6 Å². The highest BCUT2D eigenvalue weighted by Gasteiger charge is 2.09. The molecule has 0 aliphatic heterocycles. The van der Waals surface area contributed by atoms with Crippen molar-refractivity contribution >= 4 is 34.0 Å². The van der Waals surface area contributed by atoms with Crippen molar-refractivity contribution in [2.45, 2.75) is 6.61 Å². The van der Waals surface area contributed by atoms with E-state index in [2.05, 4.69) is 4.98 Å². The summed E-state index contributed by atoms with van der Waals surface area (Å²) in [5.74, 6) is 0.961. The maximum absolute atomic E-state index is 9.37. The van der Waals surface area contributed by atoms with Crippen LogP contribution >= 0.6 is 23.2 Å². The fourth-order valence-electron chi connectivity index (χ4n) is 2.13. The Morgan fingerprint density at radius 1 is 1.00 bits per heavy atom. The van der Waals surface area contributed by atoms with Gasteiger partial charge < -0.3 is 9.84 Å². The Labute approximate surface area is 131 Å². The summed E-state index contributed by atoms with van der Waals surface area (Å²) < 4.78 is 5.79. The number of pyridine rings is 1. The van der Waals surface area contributed by atoms with E-state index < -0.39 is 0 Å². The van der Waals surface area contributed by atoms with Crippen LogP contribution in [0.1, 0.15) is 5.56 Å². The molecule has 0 fully saturated rings. The molecule has 0 radical (unpaired) electrons. The quantitative estimate of drug-likeness (QED) is 0.752. The molecule has 0 aliphatic rings. The summed E-state index contributed by atoms with van der Waals surface area (Å²) in [4.78, 5) is 4.26. The standard InChI is InChI=1S/C16H11Cl2NO2/c17-11-5-12(18)7-13(6-11)21-16-15-4-2-1-3-14(15)10(9-20)8-19-16/h1-8,20H,9H2. The van der Waals surface area contributed by atoms with Gasteiger partial charge in [-0.3, -0.25) is 0 Å². The highest BCUT2D eigenvalue weighted by molar-refractivity contribution is 6.34. The largest absolute Gasteiger partial charge is 0.438 e. The summed E-state index contributed by atoms with van der Waals surface area (Å²) in [5.41, 5.74) is 0.752. The Balaban J connectivity index is 2.09. The summed E-state index contributed by atoms with van der Waals surface area (Å²) in [7, 11) is 0. The van der Waals surface area contributed by atoms with E-state index in [1.54, 1.807) is 24.4 Å². The zero-order chi connectivity index (χ0) is 14.8. The van der Waals surface area contributed by atoms with Crippen LogP contribution in [-0.4, -0.2) is 10.1 Å². The lowest BCUT2D eigenvalue weighted by Gasteiger charge is -2.10. The molecule has 0 unspecified atom stereocenters. The predicted octanol–water partition coefficient (Wildman–Crippen LogP) is 4.83. The fourth-order valence-corrected chi connectivity index (χ4v) is 2.64. The van der Waals surface area contributed by atoms with Gasteiger partial charge >= 0.3 is 0 Å². The first-order valence-electron chi connectivity index (χ1n) is 6.29. The van der Waals surface area contributed by atoms with Crippen LogP contribution in [-0.2, 0) is 6.61 Å². The molecule has 3 aromatic rings. The molecule has 0 amide bonds. The Morgan fingerprint density at radius 2 is 1.67 bits per heavy atom. The molecule has 1 heterocycles. The first-order chi connectivity index (χ1) is 10.2. The number of ether oxygens (including phenoxy) is 1. The maximum atomic E-state index is 9.37. The van der Waals surface area contributed by atoms with E-state index in [4.69, 9.17) is 27.9 Å². The van der Waals surface area contributed by atoms with Crippen LogP contribution < -0.4 is 4.74 Å². The SMILES string of the molecule is OCc1cnc(Oc2cc(Cl)cc(Cl)c2)c2ccccc12. The number of hydrogen-bond acceptors (Lipinski definition) is 3. The molecular weight excluding hydrogens is 309 g/mol. The molecule has 0 aliphatic carbocycles. The predicted molar refractivity (Wildman–Crippen MR) is 84.2 cm³/mol. The van der Waals surface area contributed by atoms with Crippen molar-refractivity contribution in [2.75, 3.05) is 0 Å². The monoisotopic (exact) mass is 319 g/mol. The van der Waals surface area contributed by atoms with Crippen LogP contribution in [0.3, 0.4) is 0 Å². The van der Waals surface area contributed by atoms with Gasteiger partial charge in [0.15, 0.2) is 0 Å². The number of benzene rings is 2. The van der Waals surface area contributed by atoms with Gasteiger partial charge in [-0.25, -0.2) is 4.98 Å². The Hall–Kier alpha value is -1.81. The van der Waals surface area contributed by atoms with E-state index in [1.807, 2.05) is 24.3 Å². The highest BCUT2D eigenvalue weighted by Crippen LogP contribution is 2.32. The summed E-state index contributed by atoms with van der Waals surface area (Å²) in [5, 5.41) is 12.1. The molecule has 1 N–H and O–H groups in total. The second-order valence-corrected chi connectivity index (χ2v) is 5.37. The summed E-state index contributed by atoms with van der Waals surface area (Å²) in [6.45, 7) is -0.0726. The number of aliphatic hydroxyl groups is 1. The Morgan fingerprint density at radius 3 is 2.33 bits per heavy atom.